The maximum absolute atomic E-state index is 5.27. The molecule has 1 fully saturated rings. The molecule has 0 unspecified atom stereocenters. The van der Waals surface area contributed by atoms with E-state index in [4.69, 9.17) is 17.0 Å². The monoisotopic (exact) mass is 270 g/mol. The highest BCUT2D eigenvalue weighted by atomic mass is 32.1. The standard InChI is InChI=1S/C12H22N4OS/c1-3-6-16-11(13-14-12(16)18)15-7-4-10(5-8-15)9-17-2/h10H,3-9H2,1-2H3,(H,14,18). The van der Waals surface area contributed by atoms with Gasteiger partial charge < -0.3 is 9.64 Å². The first-order chi connectivity index (χ1) is 8.76. The summed E-state index contributed by atoms with van der Waals surface area (Å²) in [5.41, 5.74) is 0. The number of H-pyrrole nitrogens is 1. The first-order valence-electron chi connectivity index (χ1n) is 6.65. The van der Waals surface area contributed by atoms with E-state index in [0.717, 1.165) is 43.4 Å². The van der Waals surface area contributed by atoms with Crippen molar-refractivity contribution in [2.45, 2.75) is 32.7 Å². The van der Waals surface area contributed by atoms with E-state index < -0.39 is 0 Å². The van der Waals surface area contributed by atoms with Crippen molar-refractivity contribution >= 4 is 18.2 Å². The molecule has 102 valence electrons. The second-order valence-corrected chi connectivity index (χ2v) is 5.25. The van der Waals surface area contributed by atoms with Crippen molar-refractivity contribution in [3.8, 4) is 0 Å². The number of anilines is 1. The Balaban J connectivity index is 2.03. The third-order valence-corrected chi connectivity index (χ3v) is 3.80. The van der Waals surface area contributed by atoms with E-state index in [9.17, 15) is 0 Å². The van der Waals surface area contributed by atoms with Crippen LogP contribution in [0.2, 0.25) is 0 Å². The maximum atomic E-state index is 5.27. The Kier molecular flexibility index (Phi) is 4.77. The summed E-state index contributed by atoms with van der Waals surface area (Å²) >= 11 is 5.27. The predicted molar refractivity (Wildman–Crippen MR) is 74.5 cm³/mol. The predicted octanol–water partition coefficient (Wildman–Crippen LogP) is 2.21. The molecule has 0 amide bonds. The molecule has 0 aromatic carbocycles. The fraction of sp³-hybridized carbons (Fsp3) is 0.833. The molecule has 5 nitrogen and oxygen atoms in total. The summed E-state index contributed by atoms with van der Waals surface area (Å²) in [7, 11) is 1.78. The molecule has 0 radical (unpaired) electrons. The van der Waals surface area contributed by atoms with Crippen molar-refractivity contribution in [1.82, 2.24) is 14.8 Å². The third-order valence-electron chi connectivity index (χ3n) is 3.49. The minimum atomic E-state index is 0.688. The van der Waals surface area contributed by atoms with Crippen LogP contribution in [0.15, 0.2) is 0 Å². The summed E-state index contributed by atoms with van der Waals surface area (Å²) in [5, 5.41) is 7.27. The minimum absolute atomic E-state index is 0.688. The molecule has 0 spiro atoms. The van der Waals surface area contributed by atoms with Crippen LogP contribution in [-0.4, -0.2) is 41.6 Å². The summed E-state index contributed by atoms with van der Waals surface area (Å²) < 4.78 is 8.06. The van der Waals surface area contributed by atoms with Gasteiger partial charge in [0.05, 0.1) is 0 Å². The third kappa shape index (κ3) is 2.92. The van der Waals surface area contributed by atoms with Crippen molar-refractivity contribution in [3.63, 3.8) is 0 Å². The Bertz CT molecular complexity index is 420. The molecule has 0 aliphatic carbocycles. The van der Waals surface area contributed by atoms with E-state index in [2.05, 4.69) is 26.6 Å². The number of piperidine rings is 1. The summed E-state index contributed by atoms with van der Waals surface area (Å²) in [5.74, 6) is 1.69. The molecule has 0 bridgehead atoms. The molecule has 1 aliphatic rings. The Morgan fingerprint density at radius 3 is 2.78 bits per heavy atom. The summed E-state index contributed by atoms with van der Waals surface area (Å²) in [4.78, 5) is 2.33. The van der Waals surface area contributed by atoms with Crippen LogP contribution in [0, 0.1) is 10.7 Å². The van der Waals surface area contributed by atoms with Crippen LogP contribution < -0.4 is 4.90 Å². The van der Waals surface area contributed by atoms with E-state index in [1.54, 1.807) is 7.11 Å². The molecule has 6 heteroatoms. The Morgan fingerprint density at radius 1 is 1.44 bits per heavy atom. The lowest BCUT2D eigenvalue weighted by molar-refractivity contribution is 0.138. The normalized spacial score (nSPS) is 17.3. The largest absolute Gasteiger partial charge is 0.384 e. The van der Waals surface area contributed by atoms with Crippen LogP contribution in [0.1, 0.15) is 26.2 Å². The van der Waals surface area contributed by atoms with Crippen molar-refractivity contribution in [1.29, 1.82) is 0 Å². The minimum Gasteiger partial charge on any atom is -0.384 e. The van der Waals surface area contributed by atoms with Crippen LogP contribution in [0.25, 0.3) is 0 Å². The van der Waals surface area contributed by atoms with Gasteiger partial charge in [-0.15, -0.1) is 5.10 Å². The van der Waals surface area contributed by atoms with E-state index in [1.807, 2.05) is 0 Å². The van der Waals surface area contributed by atoms with Crippen molar-refractivity contribution in [3.05, 3.63) is 4.77 Å². The molecular formula is C12H22N4OS. The Morgan fingerprint density at radius 2 is 2.17 bits per heavy atom. The van der Waals surface area contributed by atoms with E-state index >= 15 is 0 Å². The summed E-state index contributed by atoms with van der Waals surface area (Å²) in [6.07, 6.45) is 3.40. The topological polar surface area (TPSA) is 46.1 Å². The van der Waals surface area contributed by atoms with Crippen LogP contribution in [-0.2, 0) is 11.3 Å². The quantitative estimate of drug-likeness (QED) is 0.833. The fourth-order valence-electron chi connectivity index (χ4n) is 2.51. The number of nitrogens with zero attached hydrogens (tertiary/aromatic N) is 3. The van der Waals surface area contributed by atoms with Gasteiger partial charge in [0.15, 0.2) is 4.77 Å². The van der Waals surface area contributed by atoms with Crippen molar-refractivity contribution < 1.29 is 4.74 Å². The summed E-state index contributed by atoms with van der Waals surface area (Å²) in [6, 6.07) is 0. The number of nitrogens with one attached hydrogen (secondary N) is 1. The molecule has 1 aromatic rings. The highest BCUT2D eigenvalue weighted by Gasteiger charge is 2.22. The van der Waals surface area contributed by atoms with Crippen LogP contribution >= 0.6 is 12.2 Å². The molecule has 2 rings (SSSR count). The molecular weight excluding hydrogens is 248 g/mol. The average molecular weight is 270 g/mol. The smallest absolute Gasteiger partial charge is 0.225 e. The average Bonchev–Trinajstić information content (AvgIpc) is 2.73. The zero-order chi connectivity index (χ0) is 13.0. The van der Waals surface area contributed by atoms with Gasteiger partial charge in [-0.05, 0) is 37.4 Å². The van der Waals surface area contributed by atoms with E-state index in [1.165, 1.54) is 12.8 Å². The number of methoxy groups -OCH3 is 1. The van der Waals surface area contributed by atoms with Gasteiger partial charge >= 0.3 is 0 Å². The molecule has 1 aliphatic heterocycles. The highest BCUT2D eigenvalue weighted by Crippen LogP contribution is 2.22. The lowest BCUT2D eigenvalue weighted by Crippen LogP contribution is -2.36. The van der Waals surface area contributed by atoms with Gasteiger partial charge in [0, 0.05) is 33.4 Å². The number of hydrogen-bond donors (Lipinski definition) is 1. The second-order valence-electron chi connectivity index (χ2n) is 4.87. The zero-order valence-electron chi connectivity index (χ0n) is 11.2. The number of aromatic amines is 1. The molecule has 1 aromatic heterocycles. The fourth-order valence-corrected chi connectivity index (χ4v) is 2.73. The van der Waals surface area contributed by atoms with Crippen LogP contribution in [0.4, 0.5) is 5.95 Å². The number of aromatic nitrogens is 3. The molecule has 1 saturated heterocycles. The van der Waals surface area contributed by atoms with Gasteiger partial charge in [-0.2, -0.15) is 0 Å². The molecule has 18 heavy (non-hydrogen) atoms. The Hall–Kier alpha value is -0.880. The molecule has 1 N–H and O–H groups in total. The molecule has 0 saturated carbocycles. The van der Waals surface area contributed by atoms with E-state index in [0.29, 0.717) is 5.92 Å². The molecule has 0 atom stereocenters. The zero-order valence-corrected chi connectivity index (χ0v) is 12.0. The lowest BCUT2D eigenvalue weighted by Gasteiger charge is -2.32. The van der Waals surface area contributed by atoms with Crippen LogP contribution in [0.5, 0.6) is 0 Å². The van der Waals surface area contributed by atoms with Gasteiger partial charge in [-0.1, -0.05) is 6.92 Å². The maximum Gasteiger partial charge on any atom is 0.225 e. The second kappa shape index (κ2) is 6.33. The first-order valence-corrected chi connectivity index (χ1v) is 7.06. The lowest BCUT2D eigenvalue weighted by atomic mass is 9.98. The number of rotatable bonds is 5. The van der Waals surface area contributed by atoms with Gasteiger partial charge in [-0.25, -0.2) is 5.10 Å². The van der Waals surface area contributed by atoms with Crippen LogP contribution in [0.3, 0.4) is 0 Å². The number of ether oxygens (including phenoxy) is 1. The summed E-state index contributed by atoms with van der Waals surface area (Å²) in [6.45, 7) is 6.04. The van der Waals surface area contributed by atoms with Gasteiger partial charge in [0.2, 0.25) is 5.95 Å². The van der Waals surface area contributed by atoms with Gasteiger partial charge in [0.1, 0.15) is 0 Å². The first kappa shape index (κ1) is 13.5. The highest BCUT2D eigenvalue weighted by molar-refractivity contribution is 7.71. The van der Waals surface area contributed by atoms with E-state index in [-0.39, 0.29) is 0 Å². The van der Waals surface area contributed by atoms with Crippen molar-refractivity contribution in [2.24, 2.45) is 5.92 Å². The van der Waals surface area contributed by atoms with Gasteiger partial charge in [-0.3, -0.25) is 4.57 Å². The SMILES string of the molecule is CCCn1c(N2CCC(COC)CC2)n[nH]c1=S. The van der Waals surface area contributed by atoms with Crippen molar-refractivity contribution in [2.75, 3.05) is 31.7 Å². The number of hydrogen-bond acceptors (Lipinski definition) is 4. The Labute approximate surface area is 113 Å². The molecule has 2 heterocycles. The van der Waals surface area contributed by atoms with Gasteiger partial charge in [0.25, 0.3) is 0 Å².